The van der Waals surface area contributed by atoms with Crippen molar-refractivity contribution in [3.05, 3.63) is 59.1 Å². The number of anilines is 1. The maximum absolute atomic E-state index is 12.9. The second-order valence-electron chi connectivity index (χ2n) is 6.14. The van der Waals surface area contributed by atoms with Crippen LogP contribution >= 0.6 is 23.4 Å². The van der Waals surface area contributed by atoms with E-state index in [0.29, 0.717) is 16.3 Å². The number of nitrogens with zero attached hydrogens (tertiary/aromatic N) is 3. The van der Waals surface area contributed by atoms with Gasteiger partial charge in [-0.2, -0.15) is 5.10 Å². The number of nitrogens with two attached hydrogens (primary N) is 1. The molecule has 0 bridgehead atoms. The summed E-state index contributed by atoms with van der Waals surface area (Å²) in [5, 5.41) is 12.7. The first kappa shape index (κ1) is 22.9. The van der Waals surface area contributed by atoms with Crippen molar-refractivity contribution in [3.63, 3.8) is 0 Å². The van der Waals surface area contributed by atoms with Crippen molar-refractivity contribution in [3.8, 4) is 0 Å². The van der Waals surface area contributed by atoms with E-state index in [4.69, 9.17) is 21.5 Å². The highest BCUT2D eigenvalue weighted by atomic mass is 35.5. The van der Waals surface area contributed by atoms with Gasteiger partial charge in [0.25, 0.3) is 5.91 Å². The van der Waals surface area contributed by atoms with Gasteiger partial charge in [-0.3, -0.25) is 14.5 Å². The Morgan fingerprint density at radius 3 is 2.61 bits per heavy atom. The molecule has 0 aliphatic carbocycles. The fourth-order valence-electron chi connectivity index (χ4n) is 2.61. The standard InChI is InChI=1S/C19H17ClN4O5S2/c1-2-29-18(26)16-17(25)24(14-6-8-15(9-7-14)31(21,27)28)19(30-16)23-22-11-12-4-3-5-13(20)10-12/h3-11,16H,2H2,1H3,(H2,21,27,28)/b22-11+,23-19-. The lowest BCUT2D eigenvalue weighted by molar-refractivity contribution is -0.144. The lowest BCUT2D eigenvalue weighted by Crippen LogP contribution is -2.35. The topological polar surface area (TPSA) is 131 Å². The molecule has 2 aromatic carbocycles. The molecule has 0 saturated carbocycles. The molecule has 1 heterocycles. The summed E-state index contributed by atoms with van der Waals surface area (Å²) >= 11 is 6.83. The van der Waals surface area contributed by atoms with Crippen LogP contribution in [0.25, 0.3) is 0 Å². The van der Waals surface area contributed by atoms with Gasteiger partial charge in [0.1, 0.15) is 0 Å². The lowest BCUT2D eigenvalue weighted by Gasteiger charge is -2.16. The highest BCUT2D eigenvalue weighted by Crippen LogP contribution is 2.33. The van der Waals surface area contributed by atoms with Crippen molar-refractivity contribution in [1.82, 2.24) is 0 Å². The molecule has 3 rings (SSSR count). The normalized spacial score (nSPS) is 18.2. The Balaban J connectivity index is 1.95. The first-order valence-corrected chi connectivity index (χ1v) is 11.7. The highest BCUT2D eigenvalue weighted by molar-refractivity contribution is 8.16. The van der Waals surface area contributed by atoms with Crippen molar-refractivity contribution >= 4 is 62.3 Å². The van der Waals surface area contributed by atoms with Gasteiger partial charge >= 0.3 is 5.97 Å². The predicted molar refractivity (Wildman–Crippen MR) is 120 cm³/mol. The Kier molecular flexibility index (Phi) is 7.11. The Labute approximate surface area is 188 Å². The molecule has 1 saturated heterocycles. The van der Waals surface area contributed by atoms with Crippen molar-refractivity contribution in [1.29, 1.82) is 0 Å². The number of carbonyl (C=O) groups excluding carboxylic acids is 2. The first-order chi connectivity index (χ1) is 14.7. The number of amides is 1. The second-order valence-corrected chi connectivity index (χ2v) is 9.21. The minimum Gasteiger partial charge on any atom is -0.465 e. The SMILES string of the molecule is CCOC(=O)C1S/C(=N\N=C\c2cccc(Cl)c2)N(c2ccc(S(N)(=O)=O)cc2)C1=O. The third-order valence-electron chi connectivity index (χ3n) is 3.98. The number of benzene rings is 2. The molecule has 1 fully saturated rings. The number of esters is 1. The lowest BCUT2D eigenvalue weighted by atomic mass is 10.2. The predicted octanol–water partition coefficient (Wildman–Crippen LogP) is 2.39. The van der Waals surface area contributed by atoms with Crippen LogP contribution in [0.1, 0.15) is 12.5 Å². The van der Waals surface area contributed by atoms with Crippen LogP contribution in [-0.2, 0) is 24.3 Å². The molecule has 0 radical (unpaired) electrons. The number of sulfonamides is 1. The third kappa shape index (κ3) is 5.50. The number of thioether (sulfide) groups is 1. The summed E-state index contributed by atoms with van der Waals surface area (Å²) in [6, 6.07) is 12.2. The van der Waals surface area contributed by atoms with Gasteiger partial charge in [-0.1, -0.05) is 35.5 Å². The van der Waals surface area contributed by atoms with Crippen molar-refractivity contribution < 1.29 is 22.7 Å². The molecular weight excluding hydrogens is 464 g/mol. The van der Waals surface area contributed by atoms with Crippen molar-refractivity contribution in [2.45, 2.75) is 17.1 Å². The number of rotatable bonds is 6. The molecule has 2 aromatic rings. The van der Waals surface area contributed by atoms with Crippen LogP contribution in [0.2, 0.25) is 5.02 Å². The third-order valence-corrected chi connectivity index (χ3v) is 6.25. The quantitative estimate of drug-likeness (QED) is 0.292. The van der Waals surface area contributed by atoms with Gasteiger partial charge in [0, 0.05) is 5.02 Å². The number of amidine groups is 1. The monoisotopic (exact) mass is 480 g/mol. The van der Waals surface area contributed by atoms with Gasteiger partial charge in [0.15, 0.2) is 10.4 Å². The summed E-state index contributed by atoms with van der Waals surface area (Å²) < 4.78 is 27.9. The Morgan fingerprint density at radius 1 is 1.29 bits per heavy atom. The van der Waals surface area contributed by atoms with Crippen LogP contribution in [0.15, 0.2) is 63.6 Å². The molecule has 1 atom stereocenters. The largest absolute Gasteiger partial charge is 0.465 e. The van der Waals surface area contributed by atoms with E-state index in [1.165, 1.54) is 35.4 Å². The number of carbonyl (C=O) groups is 2. The van der Waals surface area contributed by atoms with Crippen molar-refractivity contribution in [2.24, 2.45) is 15.3 Å². The van der Waals surface area contributed by atoms with E-state index in [0.717, 1.165) is 11.8 Å². The molecule has 162 valence electrons. The van der Waals surface area contributed by atoms with E-state index in [9.17, 15) is 18.0 Å². The second kappa shape index (κ2) is 9.60. The summed E-state index contributed by atoms with van der Waals surface area (Å²) in [4.78, 5) is 26.2. The average molecular weight is 481 g/mol. The zero-order valence-electron chi connectivity index (χ0n) is 16.1. The van der Waals surface area contributed by atoms with Gasteiger partial charge in [-0.05, 0) is 48.9 Å². The maximum atomic E-state index is 12.9. The Bertz CT molecular complexity index is 1170. The molecule has 1 aliphatic heterocycles. The van der Waals surface area contributed by atoms with Crippen molar-refractivity contribution in [2.75, 3.05) is 11.5 Å². The zero-order chi connectivity index (χ0) is 22.6. The van der Waals surface area contributed by atoms with E-state index in [1.54, 1.807) is 31.2 Å². The Hall–Kier alpha value is -2.73. The fourth-order valence-corrected chi connectivity index (χ4v) is 4.30. The fraction of sp³-hybridized carbons (Fsp3) is 0.158. The van der Waals surface area contributed by atoms with Crippen LogP contribution in [0.5, 0.6) is 0 Å². The maximum Gasteiger partial charge on any atom is 0.329 e. The van der Waals surface area contributed by atoms with E-state index in [2.05, 4.69) is 10.2 Å². The van der Waals surface area contributed by atoms with Crippen LogP contribution in [0.3, 0.4) is 0 Å². The molecule has 1 unspecified atom stereocenters. The molecule has 1 amide bonds. The van der Waals surface area contributed by atoms with E-state index in [1.807, 2.05) is 0 Å². The molecule has 0 spiro atoms. The minimum atomic E-state index is -3.90. The van der Waals surface area contributed by atoms with Crippen LogP contribution in [0, 0.1) is 0 Å². The van der Waals surface area contributed by atoms with Gasteiger partial charge in [0.05, 0.1) is 23.4 Å². The van der Waals surface area contributed by atoms with Gasteiger partial charge in [-0.25, -0.2) is 13.6 Å². The minimum absolute atomic E-state index is 0.116. The molecule has 31 heavy (non-hydrogen) atoms. The average Bonchev–Trinajstić information content (AvgIpc) is 3.04. The number of primary sulfonamides is 1. The summed E-state index contributed by atoms with van der Waals surface area (Å²) in [5.74, 6) is -1.28. The number of hydrogen-bond acceptors (Lipinski definition) is 8. The molecular formula is C19H17ClN4O5S2. The number of hydrogen-bond donors (Lipinski definition) is 1. The summed E-state index contributed by atoms with van der Waals surface area (Å²) in [7, 11) is -3.90. The number of halogens is 1. The molecule has 9 nitrogen and oxygen atoms in total. The summed E-state index contributed by atoms with van der Waals surface area (Å²) in [5.41, 5.74) is 0.991. The Morgan fingerprint density at radius 2 is 2.00 bits per heavy atom. The molecule has 2 N–H and O–H groups in total. The number of ether oxygens (including phenoxy) is 1. The first-order valence-electron chi connectivity index (χ1n) is 8.87. The van der Waals surface area contributed by atoms with E-state index >= 15 is 0 Å². The van der Waals surface area contributed by atoms with E-state index in [-0.39, 0.29) is 16.7 Å². The zero-order valence-corrected chi connectivity index (χ0v) is 18.5. The van der Waals surface area contributed by atoms with E-state index < -0.39 is 27.1 Å². The van der Waals surface area contributed by atoms with Crippen LogP contribution in [0.4, 0.5) is 5.69 Å². The van der Waals surface area contributed by atoms with Crippen LogP contribution < -0.4 is 10.0 Å². The van der Waals surface area contributed by atoms with Crippen LogP contribution in [-0.4, -0.2) is 43.5 Å². The molecule has 0 aromatic heterocycles. The highest BCUT2D eigenvalue weighted by Gasteiger charge is 2.44. The van der Waals surface area contributed by atoms with Gasteiger partial charge in [-0.15, -0.1) is 5.10 Å². The summed E-state index contributed by atoms with van der Waals surface area (Å²) in [6.45, 7) is 1.75. The summed E-state index contributed by atoms with van der Waals surface area (Å²) in [6.07, 6.45) is 1.45. The molecule has 1 aliphatic rings. The smallest absolute Gasteiger partial charge is 0.329 e. The molecule has 12 heteroatoms. The van der Waals surface area contributed by atoms with Gasteiger partial charge in [0.2, 0.25) is 10.0 Å². The van der Waals surface area contributed by atoms with Gasteiger partial charge < -0.3 is 4.74 Å².